The first-order chi connectivity index (χ1) is 37.2. The maximum absolute atomic E-state index is 11.9. The van der Waals surface area contributed by atoms with E-state index in [1.807, 2.05) is 54.1 Å². The zero-order valence-corrected chi connectivity index (χ0v) is 45.7. The molecule has 0 amide bonds. The third-order valence-electron chi connectivity index (χ3n) is 17.7. The largest absolute Gasteiger partial charge is 0.478 e. The van der Waals surface area contributed by atoms with Crippen LogP contribution >= 0.6 is 57.9 Å². The minimum atomic E-state index is -1.01. The number of carbonyl (C=O) groups is 2. The van der Waals surface area contributed by atoms with Gasteiger partial charge in [0.15, 0.2) is 5.69 Å². The van der Waals surface area contributed by atoms with Crippen molar-refractivity contribution in [1.82, 2.24) is 19.3 Å². The molecule has 6 heterocycles. The molecule has 0 radical (unpaired) electrons. The van der Waals surface area contributed by atoms with Gasteiger partial charge in [-0.05, 0) is 146 Å². The summed E-state index contributed by atoms with van der Waals surface area (Å²) in [6, 6.07) is 21.3. The molecule has 4 aliphatic carbocycles. The van der Waals surface area contributed by atoms with Crippen LogP contribution in [0.3, 0.4) is 0 Å². The fourth-order valence-electron chi connectivity index (χ4n) is 13.3. The fourth-order valence-corrected chi connectivity index (χ4v) is 15.4. The Labute approximate surface area is 466 Å². The van der Waals surface area contributed by atoms with E-state index in [1.165, 1.54) is 11.5 Å². The number of ether oxygens (including phenoxy) is 2. The Bertz CT molecular complexity index is 3700. The van der Waals surface area contributed by atoms with E-state index in [0.717, 1.165) is 139 Å². The van der Waals surface area contributed by atoms with E-state index in [4.69, 9.17) is 64.9 Å². The fraction of sp³-hybridized carbons (Fsp3) is 0.397. The quantitative estimate of drug-likeness (QED) is 0.0995. The number of halogens is 4. The van der Waals surface area contributed by atoms with Crippen molar-refractivity contribution in [2.45, 2.75) is 101 Å². The van der Waals surface area contributed by atoms with E-state index in [0.29, 0.717) is 60.2 Å². The van der Waals surface area contributed by atoms with Crippen LogP contribution in [0.4, 0.5) is 11.4 Å². The number of hydrogen-bond acceptors (Lipinski definition) is 12. The van der Waals surface area contributed by atoms with Gasteiger partial charge in [-0.1, -0.05) is 68.8 Å². The Kier molecular flexibility index (Phi) is 12.1. The Hall–Kier alpha value is -5.65. The van der Waals surface area contributed by atoms with Crippen molar-refractivity contribution in [3.63, 3.8) is 0 Å². The molecule has 396 valence electrons. The van der Waals surface area contributed by atoms with Gasteiger partial charge in [0, 0.05) is 95.7 Å². The molecule has 6 fully saturated rings. The molecule has 4 aromatic heterocycles. The highest BCUT2D eigenvalue weighted by atomic mass is 35.5. The first kappa shape index (κ1) is 49.6. The third-order valence-corrected chi connectivity index (χ3v) is 19.9. The number of anilines is 2. The van der Waals surface area contributed by atoms with Crippen molar-refractivity contribution in [2.75, 3.05) is 36.0 Å². The van der Waals surface area contributed by atoms with E-state index in [1.54, 1.807) is 18.3 Å². The average molecular weight is 1130 g/mol. The minimum Gasteiger partial charge on any atom is -0.478 e. The smallest absolute Gasteiger partial charge is 0.356 e. The number of benzene rings is 4. The van der Waals surface area contributed by atoms with Crippen LogP contribution in [0.15, 0.2) is 82.0 Å². The number of aromatic nitrogens is 4. The molecular weight excluding hydrogens is 1080 g/mol. The van der Waals surface area contributed by atoms with E-state index < -0.39 is 11.9 Å². The molecule has 0 bridgehead atoms. The van der Waals surface area contributed by atoms with Gasteiger partial charge in [0.25, 0.3) is 0 Å². The summed E-state index contributed by atoms with van der Waals surface area (Å²) in [5.41, 5.74) is 8.88. The van der Waals surface area contributed by atoms with Gasteiger partial charge in [-0.3, -0.25) is 0 Å². The SMILES string of the molecule is Cn1cc(C(=O)O)c2ccc(N3CCC4(CC(OCc5c(-c6c(Cl)cccc6Cl)noc5C5CC5c5ccc(Cl)c(-c6noc(C7CC7)c6COC6CC7(CCN(c8ccc9c(C(=O)O)nsc9c8)C7)C6)c5Cl)C4)C3)cc21. The molecule has 6 aliphatic rings. The number of fused-ring (bicyclic) bond motifs is 2. The van der Waals surface area contributed by atoms with Crippen LogP contribution in [0.5, 0.6) is 0 Å². The lowest BCUT2D eigenvalue weighted by atomic mass is 9.66. The molecule has 19 heteroatoms. The molecule has 2 unspecified atom stereocenters. The predicted molar refractivity (Wildman–Crippen MR) is 297 cm³/mol. The summed E-state index contributed by atoms with van der Waals surface area (Å²) < 4.78 is 32.8. The van der Waals surface area contributed by atoms with Crippen LogP contribution < -0.4 is 9.80 Å². The van der Waals surface area contributed by atoms with Crippen LogP contribution in [0.1, 0.15) is 125 Å². The second-order valence-electron chi connectivity index (χ2n) is 22.6. The third kappa shape index (κ3) is 8.61. The number of nitrogens with zero attached hydrogens (tertiary/aromatic N) is 6. The maximum atomic E-state index is 11.9. The van der Waals surface area contributed by atoms with Gasteiger partial charge in [0.05, 0.1) is 61.3 Å². The maximum Gasteiger partial charge on any atom is 0.356 e. The molecule has 4 aromatic carbocycles. The molecule has 8 aromatic rings. The molecule has 77 heavy (non-hydrogen) atoms. The molecule has 14 nitrogen and oxygen atoms in total. The molecule has 2 spiro atoms. The second-order valence-corrected chi connectivity index (χ2v) is 25.0. The standard InChI is InChI=1S/C58H52Cl4N6O8S/c1-66-24-39(55(69)70)34-9-7-30(17-45(34)66)67-15-13-57(27-67)22-33(23-57)74-26-41-50(47-42(59)3-2-4-43(47)60)63-76-54(41)38-19-37(38)35-11-12-44(61)48(49(35)62)51-40(53(75-64-51)29-5-6-29)25-73-32-20-58(21-32)14-16-68(28-58)31-8-10-36-46(18-31)77-65-52(36)56(71)72/h2-4,7-12,17-18,24,29,32-33,37-38H,5-6,13-16,19-23,25-28H2,1H3,(H,69,70)(H,71,72). The molecule has 2 saturated heterocycles. The van der Waals surface area contributed by atoms with Gasteiger partial charge in [0.2, 0.25) is 0 Å². The van der Waals surface area contributed by atoms with Crippen LogP contribution in [0, 0.1) is 10.8 Å². The lowest BCUT2D eigenvalue weighted by molar-refractivity contribution is -0.0798. The van der Waals surface area contributed by atoms with Crippen molar-refractivity contribution in [1.29, 1.82) is 0 Å². The van der Waals surface area contributed by atoms with Crippen LogP contribution in [0.2, 0.25) is 20.1 Å². The Morgan fingerprint density at radius 2 is 1.32 bits per heavy atom. The lowest BCUT2D eigenvalue weighted by Gasteiger charge is -2.45. The lowest BCUT2D eigenvalue weighted by Crippen LogP contribution is -2.44. The summed E-state index contributed by atoms with van der Waals surface area (Å²) in [5, 5.41) is 31.9. The number of carboxylic acids is 2. The van der Waals surface area contributed by atoms with Crippen molar-refractivity contribution in [3.05, 3.63) is 132 Å². The van der Waals surface area contributed by atoms with E-state index in [-0.39, 0.29) is 53.1 Å². The van der Waals surface area contributed by atoms with Gasteiger partial charge in [0.1, 0.15) is 22.9 Å². The van der Waals surface area contributed by atoms with Crippen molar-refractivity contribution in [2.24, 2.45) is 17.9 Å². The van der Waals surface area contributed by atoms with Crippen LogP contribution in [-0.2, 0) is 29.7 Å². The van der Waals surface area contributed by atoms with Gasteiger partial charge in [-0.25, -0.2) is 9.59 Å². The number of rotatable bonds is 15. The molecule has 4 saturated carbocycles. The Morgan fingerprint density at radius 1 is 0.727 bits per heavy atom. The summed E-state index contributed by atoms with van der Waals surface area (Å²) >= 11 is 29.5. The molecular formula is C58H52Cl4N6O8S. The predicted octanol–water partition coefficient (Wildman–Crippen LogP) is 14.4. The van der Waals surface area contributed by atoms with E-state index >= 15 is 0 Å². The Morgan fingerprint density at radius 3 is 1.96 bits per heavy atom. The van der Waals surface area contributed by atoms with Gasteiger partial charge in [-0.2, -0.15) is 4.37 Å². The van der Waals surface area contributed by atoms with E-state index in [9.17, 15) is 19.8 Å². The molecule has 2 atom stereocenters. The second kappa shape index (κ2) is 18.7. The van der Waals surface area contributed by atoms with Gasteiger partial charge in [-0.15, -0.1) is 0 Å². The first-order valence-electron chi connectivity index (χ1n) is 26.3. The molecule has 2 N–H and O–H groups in total. The van der Waals surface area contributed by atoms with Crippen LogP contribution in [0.25, 0.3) is 43.5 Å². The van der Waals surface area contributed by atoms with Crippen LogP contribution in [-0.4, -0.2) is 79.8 Å². The van der Waals surface area contributed by atoms with Crippen molar-refractivity contribution in [3.8, 4) is 22.5 Å². The zero-order chi connectivity index (χ0) is 52.6. The summed E-state index contributed by atoms with van der Waals surface area (Å²) in [7, 11) is 1.89. The highest BCUT2D eigenvalue weighted by Gasteiger charge is 2.52. The highest BCUT2D eigenvalue weighted by Crippen LogP contribution is 2.60. The first-order valence-corrected chi connectivity index (χ1v) is 28.6. The highest BCUT2D eigenvalue weighted by molar-refractivity contribution is 7.13. The summed E-state index contributed by atoms with van der Waals surface area (Å²) in [4.78, 5) is 28.3. The van der Waals surface area contributed by atoms with E-state index in [2.05, 4.69) is 36.6 Å². The molecule has 2 aliphatic heterocycles. The summed E-state index contributed by atoms with van der Waals surface area (Å²) in [6.07, 6.45) is 10.5. The minimum absolute atomic E-state index is 0.000480. The number of hydrogen-bond donors (Lipinski definition) is 2. The summed E-state index contributed by atoms with van der Waals surface area (Å²) in [5.74, 6) is -0.136. The van der Waals surface area contributed by atoms with Gasteiger partial charge < -0.3 is 43.1 Å². The van der Waals surface area contributed by atoms with Gasteiger partial charge >= 0.3 is 11.9 Å². The molecule has 14 rings (SSSR count). The Balaban J connectivity index is 0.664. The number of aryl methyl sites for hydroxylation is 1. The topological polar surface area (TPSA) is 169 Å². The summed E-state index contributed by atoms with van der Waals surface area (Å²) in [6.45, 7) is 4.28. The number of aromatic carboxylic acids is 2. The van der Waals surface area contributed by atoms with Crippen molar-refractivity contribution < 1.29 is 38.3 Å². The zero-order valence-electron chi connectivity index (χ0n) is 41.9. The van der Waals surface area contributed by atoms with Crippen molar-refractivity contribution >= 4 is 102 Å². The normalized spacial score (nSPS) is 24.7. The monoisotopic (exact) mass is 1130 g/mol. The number of carboxylic acid groups (broad SMARTS) is 2. The average Bonchev–Trinajstić information content (AvgIpc) is 4.06.